The molecule has 128 valence electrons. The van der Waals surface area contributed by atoms with Gasteiger partial charge in [-0.3, -0.25) is 9.69 Å². The van der Waals surface area contributed by atoms with Gasteiger partial charge in [-0.15, -0.1) is 0 Å². The second-order valence-electron chi connectivity index (χ2n) is 6.96. The molecule has 4 nitrogen and oxygen atoms in total. The molecule has 0 radical (unpaired) electrons. The third-order valence-corrected chi connectivity index (χ3v) is 4.67. The molecular weight excluding hydrogens is 288 g/mol. The molecule has 0 spiro atoms. The van der Waals surface area contributed by atoms with Gasteiger partial charge in [0.1, 0.15) is 5.75 Å². The van der Waals surface area contributed by atoms with Gasteiger partial charge >= 0.3 is 0 Å². The lowest BCUT2D eigenvalue weighted by molar-refractivity contribution is 0.0839. The molecule has 1 aromatic rings. The predicted molar refractivity (Wildman–Crippen MR) is 95.0 cm³/mol. The van der Waals surface area contributed by atoms with Gasteiger partial charge < -0.3 is 10.5 Å². The summed E-state index contributed by atoms with van der Waals surface area (Å²) in [6.07, 6.45) is 4.36. The number of benzene rings is 1. The maximum atomic E-state index is 12.5. The molecule has 0 bridgehead atoms. The third kappa shape index (κ3) is 4.71. The van der Waals surface area contributed by atoms with Crippen molar-refractivity contribution < 1.29 is 9.53 Å². The summed E-state index contributed by atoms with van der Waals surface area (Å²) in [6, 6.07) is 6.49. The zero-order valence-electron chi connectivity index (χ0n) is 14.8. The van der Waals surface area contributed by atoms with Crippen molar-refractivity contribution in [3.05, 3.63) is 23.8 Å². The first-order chi connectivity index (χ1) is 10.9. The van der Waals surface area contributed by atoms with Gasteiger partial charge in [0, 0.05) is 30.6 Å². The molecular formula is C19H30N2O2. The van der Waals surface area contributed by atoms with E-state index < -0.39 is 0 Å². The number of nitrogens with zero attached hydrogens (tertiary/aromatic N) is 1. The number of hydrogen-bond acceptors (Lipinski definition) is 4. The Kier molecular flexibility index (Phi) is 6.05. The van der Waals surface area contributed by atoms with Crippen molar-refractivity contribution in [2.75, 3.05) is 12.3 Å². The Hall–Kier alpha value is -1.55. The number of carbonyl (C=O) groups is 1. The molecule has 1 saturated heterocycles. The molecule has 2 atom stereocenters. The molecule has 0 saturated carbocycles. The van der Waals surface area contributed by atoms with Gasteiger partial charge in [-0.25, -0.2) is 0 Å². The Morgan fingerprint density at radius 1 is 1.30 bits per heavy atom. The summed E-state index contributed by atoms with van der Waals surface area (Å²) in [4.78, 5) is 14.9. The lowest BCUT2D eigenvalue weighted by atomic mass is 9.96. The number of nitrogens with two attached hydrogens (primary N) is 1. The van der Waals surface area contributed by atoms with Crippen LogP contribution in [-0.4, -0.2) is 35.4 Å². The average molecular weight is 318 g/mol. The molecule has 0 aromatic heterocycles. The topological polar surface area (TPSA) is 55.6 Å². The van der Waals surface area contributed by atoms with Crippen molar-refractivity contribution in [1.82, 2.24) is 4.90 Å². The van der Waals surface area contributed by atoms with Crippen LogP contribution in [0.3, 0.4) is 0 Å². The fourth-order valence-corrected chi connectivity index (χ4v) is 3.37. The summed E-state index contributed by atoms with van der Waals surface area (Å²) in [5.41, 5.74) is 7.21. The minimum Gasteiger partial charge on any atom is -0.489 e. The molecule has 2 N–H and O–H groups in total. The molecule has 1 aromatic carbocycles. The molecule has 0 aliphatic carbocycles. The zero-order valence-corrected chi connectivity index (χ0v) is 14.8. The SMILES string of the molecule is CC(C)Oc1ccc(C(=O)CCN2C(C)CCCC2C)cc1N. The van der Waals surface area contributed by atoms with Gasteiger partial charge in [0.2, 0.25) is 0 Å². The summed E-state index contributed by atoms with van der Waals surface area (Å²) in [6.45, 7) is 9.26. The molecule has 2 unspecified atom stereocenters. The Labute approximate surface area is 140 Å². The van der Waals surface area contributed by atoms with Gasteiger partial charge in [-0.05, 0) is 58.7 Å². The Morgan fingerprint density at radius 2 is 1.96 bits per heavy atom. The monoisotopic (exact) mass is 318 g/mol. The molecule has 0 amide bonds. The normalized spacial score (nSPS) is 22.3. The van der Waals surface area contributed by atoms with E-state index in [1.54, 1.807) is 12.1 Å². The number of nitrogen functional groups attached to an aromatic ring is 1. The van der Waals surface area contributed by atoms with Gasteiger partial charge in [-0.1, -0.05) is 6.42 Å². The van der Waals surface area contributed by atoms with Crippen LogP contribution >= 0.6 is 0 Å². The smallest absolute Gasteiger partial charge is 0.164 e. The highest BCUT2D eigenvalue weighted by Gasteiger charge is 2.25. The van der Waals surface area contributed by atoms with E-state index in [1.165, 1.54) is 19.3 Å². The predicted octanol–water partition coefficient (Wildman–Crippen LogP) is 3.89. The molecule has 2 rings (SSSR count). The summed E-state index contributed by atoms with van der Waals surface area (Å²) in [5, 5.41) is 0. The minimum absolute atomic E-state index is 0.0703. The number of piperidine rings is 1. The first-order valence-corrected chi connectivity index (χ1v) is 8.73. The number of likely N-dealkylation sites (tertiary alicyclic amines) is 1. The molecule has 1 aliphatic rings. The van der Waals surface area contributed by atoms with E-state index in [0.29, 0.717) is 35.5 Å². The van der Waals surface area contributed by atoms with Crippen LogP contribution in [0.4, 0.5) is 5.69 Å². The molecule has 23 heavy (non-hydrogen) atoms. The largest absolute Gasteiger partial charge is 0.489 e. The Morgan fingerprint density at radius 3 is 2.52 bits per heavy atom. The number of anilines is 1. The standard InChI is InChI=1S/C19H30N2O2/c1-13(2)23-19-9-8-16(12-17(19)20)18(22)10-11-21-14(3)6-5-7-15(21)4/h8-9,12-15H,5-7,10-11,20H2,1-4H3. The van der Waals surface area contributed by atoms with Crippen LogP contribution in [-0.2, 0) is 0 Å². The van der Waals surface area contributed by atoms with Crippen molar-refractivity contribution in [3.8, 4) is 5.75 Å². The highest BCUT2D eigenvalue weighted by Crippen LogP contribution is 2.25. The second kappa shape index (κ2) is 7.82. The van der Waals surface area contributed by atoms with Crippen LogP contribution in [0.5, 0.6) is 5.75 Å². The van der Waals surface area contributed by atoms with Gasteiger partial charge in [0.15, 0.2) is 5.78 Å². The lowest BCUT2D eigenvalue weighted by Crippen LogP contribution is -2.44. The van der Waals surface area contributed by atoms with Crippen LogP contribution in [0.1, 0.15) is 63.7 Å². The zero-order chi connectivity index (χ0) is 17.0. The van der Waals surface area contributed by atoms with E-state index >= 15 is 0 Å². The van der Waals surface area contributed by atoms with Gasteiger partial charge in [0.25, 0.3) is 0 Å². The average Bonchev–Trinajstić information content (AvgIpc) is 2.48. The molecule has 4 heteroatoms. The maximum absolute atomic E-state index is 12.5. The van der Waals surface area contributed by atoms with Crippen LogP contribution in [0.15, 0.2) is 18.2 Å². The Bertz CT molecular complexity index is 532. The Balaban J connectivity index is 1.96. The number of ketones is 1. The van der Waals surface area contributed by atoms with Crippen molar-refractivity contribution >= 4 is 11.5 Å². The van der Waals surface area contributed by atoms with Crippen LogP contribution in [0, 0.1) is 0 Å². The first kappa shape index (κ1) is 17.8. The summed E-state index contributed by atoms with van der Waals surface area (Å²) >= 11 is 0. The van der Waals surface area contributed by atoms with Crippen LogP contribution in [0.25, 0.3) is 0 Å². The molecule has 1 heterocycles. The number of hydrogen-bond donors (Lipinski definition) is 1. The lowest BCUT2D eigenvalue weighted by Gasteiger charge is -2.38. The highest BCUT2D eigenvalue weighted by molar-refractivity contribution is 5.97. The molecule has 1 fully saturated rings. The van der Waals surface area contributed by atoms with E-state index in [9.17, 15) is 4.79 Å². The summed E-state index contributed by atoms with van der Waals surface area (Å²) < 4.78 is 5.62. The van der Waals surface area contributed by atoms with Crippen molar-refractivity contribution in [3.63, 3.8) is 0 Å². The first-order valence-electron chi connectivity index (χ1n) is 8.73. The van der Waals surface area contributed by atoms with Crippen molar-refractivity contribution in [2.24, 2.45) is 0 Å². The van der Waals surface area contributed by atoms with Crippen molar-refractivity contribution in [1.29, 1.82) is 0 Å². The second-order valence-corrected chi connectivity index (χ2v) is 6.96. The van der Waals surface area contributed by atoms with Gasteiger partial charge in [0.05, 0.1) is 11.8 Å². The van der Waals surface area contributed by atoms with Crippen LogP contribution in [0.2, 0.25) is 0 Å². The van der Waals surface area contributed by atoms with E-state index in [0.717, 1.165) is 6.54 Å². The third-order valence-electron chi connectivity index (χ3n) is 4.67. The van der Waals surface area contributed by atoms with E-state index in [4.69, 9.17) is 10.5 Å². The van der Waals surface area contributed by atoms with E-state index in [2.05, 4.69) is 18.7 Å². The van der Waals surface area contributed by atoms with E-state index in [1.807, 2.05) is 19.9 Å². The number of ether oxygens (including phenoxy) is 1. The number of rotatable bonds is 6. The quantitative estimate of drug-likeness (QED) is 0.638. The summed E-state index contributed by atoms with van der Waals surface area (Å²) in [7, 11) is 0. The number of carbonyl (C=O) groups excluding carboxylic acids is 1. The number of Topliss-reactive ketones (excluding diaryl/α,β-unsaturated/α-hetero) is 1. The maximum Gasteiger partial charge on any atom is 0.164 e. The minimum atomic E-state index is 0.0703. The van der Waals surface area contributed by atoms with Crippen LogP contribution < -0.4 is 10.5 Å². The molecule has 1 aliphatic heterocycles. The van der Waals surface area contributed by atoms with Gasteiger partial charge in [-0.2, -0.15) is 0 Å². The summed E-state index contributed by atoms with van der Waals surface area (Å²) in [5.74, 6) is 0.799. The van der Waals surface area contributed by atoms with E-state index in [-0.39, 0.29) is 11.9 Å². The fourth-order valence-electron chi connectivity index (χ4n) is 3.37. The highest BCUT2D eigenvalue weighted by atomic mass is 16.5. The fraction of sp³-hybridized carbons (Fsp3) is 0.632. The van der Waals surface area contributed by atoms with Crippen molar-refractivity contribution in [2.45, 2.75) is 71.6 Å².